The third-order valence-electron chi connectivity index (χ3n) is 4.71. The van der Waals surface area contributed by atoms with E-state index in [0.717, 1.165) is 5.92 Å². The Morgan fingerprint density at radius 2 is 1.89 bits per heavy atom. The Labute approximate surface area is 113 Å². The molecule has 2 unspecified atom stereocenters. The maximum Gasteiger partial charge on any atom is 0.0107 e. The van der Waals surface area contributed by atoms with Crippen LogP contribution in [0.15, 0.2) is 0 Å². The van der Waals surface area contributed by atoms with E-state index in [4.69, 9.17) is 0 Å². The van der Waals surface area contributed by atoms with Crippen LogP contribution in [0.4, 0.5) is 0 Å². The number of hydrogen-bond donors (Lipinski definition) is 1. The van der Waals surface area contributed by atoms with Crippen molar-refractivity contribution >= 4 is 0 Å². The van der Waals surface area contributed by atoms with Crippen molar-refractivity contribution in [2.24, 2.45) is 5.92 Å². The summed E-state index contributed by atoms with van der Waals surface area (Å²) in [5, 5.41) is 3.75. The van der Waals surface area contributed by atoms with Gasteiger partial charge in [0, 0.05) is 25.7 Å². The fraction of sp³-hybridized carbons (Fsp3) is 1.00. The SMILES string of the molecule is CC(NCCN1CCCCC1)C1CCCN(C)C1. The lowest BCUT2D eigenvalue weighted by Crippen LogP contribution is -2.45. The first-order valence-electron chi connectivity index (χ1n) is 7.90. The zero-order valence-corrected chi connectivity index (χ0v) is 12.3. The molecule has 0 saturated carbocycles. The Kier molecular flexibility index (Phi) is 5.93. The first kappa shape index (κ1) is 14.3. The highest BCUT2D eigenvalue weighted by Gasteiger charge is 2.22. The summed E-state index contributed by atoms with van der Waals surface area (Å²) < 4.78 is 0. The number of nitrogens with one attached hydrogen (secondary N) is 1. The summed E-state index contributed by atoms with van der Waals surface area (Å²) in [5.74, 6) is 0.852. The Bertz CT molecular complexity index is 226. The molecule has 106 valence electrons. The van der Waals surface area contributed by atoms with Crippen molar-refractivity contribution in [3.8, 4) is 0 Å². The molecule has 2 aliphatic rings. The lowest BCUT2D eigenvalue weighted by atomic mass is 9.92. The van der Waals surface area contributed by atoms with Gasteiger partial charge in [-0.05, 0) is 65.2 Å². The Morgan fingerprint density at radius 3 is 2.61 bits per heavy atom. The number of rotatable bonds is 5. The minimum absolute atomic E-state index is 0.678. The van der Waals surface area contributed by atoms with E-state index in [9.17, 15) is 0 Å². The van der Waals surface area contributed by atoms with Gasteiger partial charge in [-0.3, -0.25) is 0 Å². The maximum atomic E-state index is 3.75. The summed E-state index contributed by atoms with van der Waals surface area (Å²) in [6.07, 6.45) is 7.03. The Balaban J connectivity index is 1.60. The van der Waals surface area contributed by atoms with Crippen LogP contribution in [-0.2, 0) is 0 Å². The average molecular weight is 253 g/mol. The van der Waals surface area contributed by atoms with Crippen LogP contribution in [0.2, 0.25) is 0 Å². The zero-order valence-electron chi connectivity index (χ0n) is 12.3. The second-order valence-corrected chi connectivity index (χ2v) is 6.31. The van der Waals surface area contributed by atoms with Crippen molar-refractivity contribution in [3.63, 3.8) is 0 Å². The molecule has 2 saturated heterocycles. The van der Waals surface area contributed by atoms with Crippen LogP contribution in [0.25, 0.3) is 0 Å². The van der Waals surface area contributed by atoms with Gasteiger partial charge in [-0.1, -0.05) is 6.42 Å². The van der Waals surface area contributed by atoms with Gasteiger partial charge in [0.2, 0.25) is 0 Å². The predicted molar refractivity (Wildman–Crippen MR) is 78.0 cm³/mol. The molecule has 3 nitrogen and oxygen atoms in total. The minimum atomic E-state index is 0.678. The second-order valence-electron chi connectivity index (χ2n) is 6.31. The van der Waals surface area contributed by atoms with Crippen LogP contribution in [0, 0.1) is 5.92 Å². The summed E-state index contributed by atoms with van der Waals surface area (Å²) in [5.41, 5.74) is 0. The lowest BCUT2D eigenvalue weighted by molar-refractivity contribution is 0.172. The third-order valence-corrected chi connectivity index (χ3v) is 4.71. The van der Waals surface area contributed by atoms with Gasteiger partial charge in [-0.2, -0.15) is 0 Å². The molecule has 0 aromatic heterocycles. The molecule has 3 heteroatoms. The monoisotopic (exact) mass is 253 g/mol. The Hall–Kier alpha value is -0.120. The van der Waals surface area contributed by atoms with Crippen molar-refractivity contribution in [2.45, 2.75) is 45.1 Å². The zero-order chi connectivity index (χ0) is 12.8. The van der Waals surface area contributed by atoms with E-state index in [1.54, 1.807) is 0 Å². The van der Waals surface area contributed by atoms with Crippen LogP contribution in [0.1, 0.15) is 39.0 Å². The Morgan fingerprint density at radius 1 is 1.11 bits per heavy atom. The molecule has 0 aromatic carbocycles. The molecule has 2 aliphatic heterocycles. The lowest BCUT2D eigenvalue weighted by Gasteiger charge is -2.34. The average Bonchev–Trinajstić information content (AvgIpc) is 2.40. The van der Waals surface area contributed by atoms with E-state index in [1.807, 2.05) is 0 Å². The van der Waals surface area contributed by atoms with Crippen LogP contribution >= 0.6 is 0 Å². The minimum Gasteiger partial charge on any atom is -0.313 e. The molecule has 0 aromatic rings. The largest absolute Gasteiger partial charge is 0.313 e. The molecule has 1 N–H and O–H groups in total. The van der Waals surface area contributed by atoms with Gasteiger partial charge in [0.05, 0.1) is 0 Å². The fourth-order valence-corrected chi connectivity index (χ4v) is 3.41. The van der Waals surface area contributed by atoms with Gasteiger partial charge in [0.15, 0.2) is 0 Å². The summed E-state index contributed by atoms with van der Waals surface area (Å²) >= 11 is 0. The maximum absolute atomic E-state index is 3.75. The van der Waals surface area contributed by atoms with Crippen molar-refractivity contribution in [2.75, 3.05) is 46.3 Å². The van der Waals surface area contributed by atoms with E-state index >= 15 is 0 Å². The van der Waals surface area contributed by atoms with Crippen LogP contribution in [0.3, 0.4) is 0 Å². The molecule has 0 aliphatic carbocycles. The summed E-state index contributed by atoms with van der Waals surface area (Å²) in [6, 6.07) is 0.678. The smallest absolute Gasteiger partial charge is 0.0107 e. The van der Waals surface area contributed by atoms with Crippen molar-refractivity contribution < 1.29 is 0 Å². The molecule has 2 fully saturated rings. The number of likely N-dealkylation sites (tertiary alicyclic amines) is 2. The predicted octanol–water partition coefficient (Wildman–Crippen LogP) is 1.79. The van der Waals surface area contributed by atoms with Gasteiger partial charge in [0.25, 0.3) is 0 Å². The summed E-state index contributed by atoms with van der Waals surface area (Å²) in [4.78, 5) is 5.10. The molecule has 0 amide bonds. The number of hydrogen-bond acceptors (Lipinski definition) is 3. The summed E-state index contributed by atoms with van der Waals surface area (Å²) in [7, 11) is 2.26. The second kappa shape index (κ2) is 7.46. The first-order chi connectivity index (χ1) is 8.75. The van der Waals surface area contributed by atoms with E-state index in [0.29, 0.717) is 6.04 Å². The molecule has 0 spiro atoms. The highest BCUT2D eigenvalue weighted by atomic mass is 15.1. The highest BCUT2D eigenvalue weighted by Crippen LogP contribution is 2.18. The third kappa shape index (κ3) is 4.52. The molecule has 2 heterocycles. The van der Waals surface area contributed by atoms with Crippen LogP contribution < -0.4 is 5.32 Å². The van der Waals surface area contributed by atoms with E-state index < -0.39 is 0 Å². The topological polar surface area (TPSA) is 18.5 Å². The quantitative estimate of drug-likeness (QED) is 0.806. The normalized spacial score (nSPS) is 29.3. The molecule has 0 radical (unpaired) electrons. The van der Waals surface area contributed by atoms with Gasteiger partial charge in [-0.25, -0.2) is 0 Å². The molecular weight excluding hydrogens is 222 g/mol. The van der Waals surface area contributed by atoms with E-state index in [2.05, 4.69) is 29.1 Å². The van der Waals surface area contributed by atoms with E-state index in [-0.39, 0.29) is 0 Å². The van der Waals surface area contributed by atoms with E-state index in [1.165, 1.54) is 71.4 Å². The number of nitrogens with zero attached hydrogens (tertiary/aromatic N) is 2. The van der Waals surface area contributed by atoms with Crippen molar-refractivity contribution in [3.05, 3.63) is 0 Å². The molecule has 2 rings (SSSR count). The molecule has 2 atom stereocenters. The fourth-order valence-electron chi connectivity index (χ4n) is 3.41. The molecule has 0 bridgehead atoms. The van der Waals surface area contributed by atoms with Gasteiger partial charge in [0.1, 0.15) is 0 Å². The molecular formula is C15H31N3. The standard InChI is InChI=1S/C15H31N3/c1-14(15-7-6-9-17(2)13-15)16-8-12-18-10-4-3-5-11-18/h14-16H,3-13H2,1-2H3. The summed E-state index contributed by atoms with van der Waals surface area (Å²) in [6.45, 7) is 9.99. The van der Waals surface area contributed by atoms with Crippen molar-refractivity contribution in [1.82, 2.24) is 15.1 Å². The van der Waals surface area contributed by atoms with Gasteiger partial charge < -0.3 is 15.1 Å². The van der Waals surface area contributed by atoms with Gasteiger partial charge >= 0.3 is 0 Å². The van der Waals surface area contributed by atoms with Crippen LogP contribution in [0.5, 0.6) is 0 Å². The van der Waals surface area contributed by atoms with Crippen LogP contribution in [-0.4, -0.2) is 62.2 Å². The van der Waals surface area contributed by atoms with Gasteiger partial charge in [-0.15, -0.1) is 0 Å². The first-order valence-corrected chi connectivity index (χ1v) is 7.90. The van der Waals surface area contributed by atoms with Crippen molar-refractivity contribution in [1.29, 1.82) is 0 Å². The number of piperidine rings is 2. The highest BCUT2D eigenvalue weighted by molar-refractivity contribution is 4.79. The molecule has 18 heavy (non-hydrogen) atoms.